The quantitative estimate of drug-likeness (QED) is 0.728. The Hall–Kier alpha value is -2.24. The maximum absolute atomic E-state index is 12.0. The van der Waals surface area contributed by atoms with Crippen molar-refractivity contribution in [3.05, 3.63) is 23.8 Å². The van der Waals surface area contributed by atoms with Crippen LogP contribution in [0.4, 0.5) is 0 Å². The Kier molecular flexibility index (Phi) is 7.38. The molecular formula is C17H25NO5. The molecule has 128 valence electrons. The lowest BCUT2D eigenvalue weighted by molar-refractivity contribution is -0.142. The maximum atomic E-state index is 12.0. The molecule has 0 radical (unpaired) electrons. The highest BCUT2D eigenvalue weighted by Crippen LogP contribution is 2.23. The van der Waals surface area contributed by atoms with E-state index in [1.807, 2.05) is 26.0 Å². The monoisotopic (exact) mass is 323 g/mol. The molecule has 1 aromatic carbocycles. The van der Waals surface area contributed by atoms with Crippen molar-refractivity contribution in [3.8, 4) is 11.5 Å². The van der Waals surface area contributed by atoms with Crippen molar-refractivity contribution in [2.75, 3.05) is 14.2 Å². The molecule has 2 N–H and O–H groups in total. The Morgan fingerprint density at radius 3 is 2.13 bits per heavy atom. The van der Waals surface area contributed by atoms with E-state index in [1.165, 1.54) is 0 Å². The van der Waals surface area contributed by atoms with Crippen LogP contribution in [0.15, 0.2) is 18.2 Å². The second-order valence-electron chi connectivity index (χ2n) is 5.81. The molecule has 23 heavy (non-hydrogen) atoms. The van der Waals surface area contributed by atoms with E-state index < -0.39 is 12.0 Å². The van der Waals surface area contributed by atoms with E-state index in [9.17, 15) is 9.59 Å². The zero-order chi connectivity index (χ0) is 17.4. The summed E-state index contributed by atoms with van der Waals surface area (Å²) in [4.78, 5) is 23.1. The fraction of sp³-hybridized carbons (Fsp3) is 0.529. The van der Waals surface area contributed by atoms with Crippen molar-refractivity contribution in [1.29, 1.82) is 0 Å². The van der Waals surface area contributed by atoms with Gasteiger partial charge < -0.3 is 19.9 Å². The molecule has 0 saturated carbocycles. The van der Waals surface area contributed by atoms with Gasteiger partial charge in [-0.25, -0.2) is 4.79 Å². The minimum absolute atomic E-state index is 0.194. The first-order chi connectivity index (χ1) is 10.8. The Balaban J connectivity index is 2.63. The van der Waals surface area contributed by atoms with Crippen LogP contribution >= 0.6 is 0 Å². The molecule has 0 aromatic heterocycles. The first kappa shape index (κ1) is 18.8. The lowest BCUT2D eigenvalue weighted by Crippen LogP contribution is -2.41. The molecule has 1 atom stereocenters. The molecule has 0 aliphatic heterocycles. The minimum atomic E-state index is -1.00. The predicted molar refractivity (Wildman–Crippen MR) is 86.9 cm³/mol. The molecule has 0 spiro atoms. The normalized spacial score (nSPS) is 11.9. The van der Waals surface area contributed by atoms with Crippen molar-refractivity contribution in [2.24, 2.45) is 5.92 Å². The number of methoxy groups -OCH3 is 2. The van der Waals surface area contributed by atoms with E-state index >= 15 is 0 Å². The highest BCUT2D eigenvalue weighted by molar-refractivity contribution is 5.83. The summed E-state index contributed by atoms with van der Waals surface area (Å²) in [6.07, 6.45) is 1.10. The van der Waals surface area contributed by atoms with Crippen LogP contribution in [0.2, 0.25) is 0 Å². The molecule has 0 aliphatic rings. The van der Waals surface area contributed by atoms with Gasteiger partial charge in [0.05, 0.1) is 14.2 Å². The van der Waals surface area contributed by atoms with Gasteiger partial charge in [0.25, 0.3) is 0 Å². The Labute approximate surface area is 136 Å². The largest absolute Gasteiger partial charge is 0.497 e. The number of carbonyl (C=O) groups excluding carboxylic acids is 1. The van der Waals surface area contributed by atoms with Crippen molar-refractivity contribution < 1.29 is 24.2 Å². The fourth-order valence-corrected chi connectivity index (χ4v) is 2.23. The number of rotatable bonds is 9. The van der Waals surface area contributed by atoms with Gasteiger partial charge in [-0.1, -0.05) is 13.8 Å². The number of amides is 1. The van der Waals surface area contributed by atoms with Crippen molar-refractivity contribution in [3.63, 3.8) is 0 Å². The zero-order valence-electron chi connectivity index (χ0n) is 14.1. The number of carboxylic acids is 1. The summed E-state index contributed by atoms with van der Waals surface area (Å²) in [7, 11) is 3.13. The number of hydrogen-bond donors (Lipinski definition) is 2. The van der Waals surface area contributed by atoms with Crippen LogP contribution in [0.3, 0.4) is 0 Å². The molecule has 1 aromatic rings. The molecule has 0 unspecified atom stereocenters. The summed E-state index contributed by atoms with van der Waals surface area (Å²) in [5.41, 5.74) is 0.895. The van der Waals surface area contributed by atoms with Crippen molar-refractivity contribution in [1.82, 2.24) is 5.32 Å². The number of aliphatic carboxylic acids is 1. The van der Waals surface area contributed by atoms with E-state index in [4.69, 9.17) is 14.6 Å². The summed E-state index contributed by atoms with van der Waals surface area (Å²) in [6.45, 7) is 3.84. The number of carbonyl (C=O) groups is 2. The third-order valence-corrected chi connectivity index (χ3v) is 3.39. The van der Waals surface area contributed by atoms with Crippen molar-refractivity contribution in [2.45, 2.75) is 39.2 Å². The second kappa shape index (κ2) is 9.02. The zero-order valence-corrected chi connectivity index (χ0v) is 14.1. The van der Waals surface area contributed by atoms with Crippen LogP contribution in [0, 0.1) is 5.92 Å². The third kappa shape index (κ3) is 6.59. The summed E-state index contributed by atoms with van der Waals surface area (Å²) < 4.78 is 10.4. The topological polar surface area (TPSA) is 84.9 Å². The van der Waals surface area contributed by atoms with Crippen LogP contribution in [0.5, 0.6) is 11.5 Å². The molecule has 1 rings (SSSR count). The number of hydrogen-bond acceptors (Lipinski definition) is 4. The number of ether oxygens (including phenoxy) is 2. The SMILES string of the molecule is COc1cc(CCC(=O)N[C@@H](CC(C)C)C(=O)O)cc(OC)c1. The molecule has 0 heterocycles. The van der Waals surface area contributed by atoms with Gasteiger partial charge in [0, 0.05) is 12.5 Å². The molecule has 6 nitrogen and oxygen atoms in total. The van der Waals surface area contributed by atoms with Gasteiger partial charge in [0.2, 0.25) is 5.91 Å². The molecule has 1 amide bonds. The van der Waals surface area contributed by atoms with E-state index in [0.29, 0.717) is 24.3 Å². The summed E-state index contributed by atoms with van der Waals surface area (Å²) in [5.74, 6) is 0.222. The second-order valence-corrected chi connectivity index (χ2v) is 5.81. The number of nitrogens with one attached hydrogen (secondary N) is 1. The Morgan fingerprint density at radius 1 is 1.13 bits per heavy atom. The van der Waals surface area contributed by atoms with Crippen LogP contribution in [-0.2, 0) is 16.0 Å². The fourth-order valence-electron chi connectivity index (χ4n) is 2.23. The first-order valence-corrected chi connectivity index (χ1v) is 7.59. The highest BCUT2D eigenvalue weighted by atomic mass is 16.5. The number of aryl methyl sites for hydroxylation is 1. The van der Waals surface area contributed by atoms with E-state index in [1.54, 1.807) is 20.3 Å². The van der Waals surface area contributed by atoms with Crippen LogP contribution in [0.1, 0.15) is 32.3 Å². The number of carboxylic acid groups (broad SMARTS) is 1. The Bertz CT molecular complexity index is 520. The summed E-state index contributed by atoms with van der Waals surface area (Å²) >= 11 is 0. The first-order valence-electron chi connectivity index (χ1n) is 7.59. The lowest BCUT2D eigenvalue weighted by atomic mass is 10.0. The molecule has 0 bridgehead atoms. The third-order valence-electron chi connectivity index (χ3n) is 3.39. The van der Waals surface area contributed by atoms with Gasteiger partial charge >= 0.3 is 5.97 Å². The van der Waals surface area contributed by atoms with E-state index in [2.05, 4.69) is 5.32 Å². The highest BCUT2D eigenvalue weighted by Gasteiger charge is 2.20. The minimum Gasteiger partial charge on any atom is -0.497 e. The van der Waals surface area contributed by atoms with Gasteiger partial charge in [-0.05, 0) is 36.5 Å². The van der Waals surface area contributed by atoms with Crippen LogP contribution < -0.4 is 14.8 Å². The van der Waals surface area contributed by atoms with Gasteiger partial charge in [-0.2, -0.15) is 0 Å². The van der Waals surface area contributed by atoms with Gasteiger partial charge in [-0.3, -0.25) is 4.79 Å². The average molecular weight is 323 g/mol. The molecule has 0 aliphatic carbocycles. The average Bonchev–Trinajstić information content (AvgIpc) is 2.51. The van der Waals surface area contributed by atoms with Gasteiger partial charge in [0.1, 0.15) is 17.5 Å². The van der Waals surface area contributed by atoms with Gasteiger partial charge in [-0.15, -0.1) is 0 Å². The standard InChI is InChI=1S/C17H25NO5/c1-11(2)7-15(17(20)21)18-16(19)6-5-12-8-13(22-3)10-14(9-12)23-4/h8-11,15H,5-7H2,1-4H3,(H,18,19)(H,20,21)/t15-/m0/s1. The maximum Gasteiger partial charge on any atom is 0.326 e. The summed E-state index contributed by atoms with van der Waals surface area (Å²) in [5, 5.41) is 11.7. The molecule has 6 heteroatoms. The van der Waals surface area contributed by atoms with E-state index in [0.717, 1.165) is 5.56 Å². The smallest absolute Gasteiger partial charge is 0.326 e. The number of benzene rings is 1. The van der Waals surface area contributed by atoms with Gasteiger partial charge in [0.15, 0.2) is 0 Å². The van der Waals surface area contributed by atoms with Crippen LogP contribution in [0.25, 0.3) is 0 Å². The Morgan fingerprint density at radius 2 is 1.70 bits per heavy atom. The van der Waals surface area contributed by atoms with E-state index in [-0.39, 0.29) is 18.2 Å². The molecule has 0 fully saturated rings. The summed E-state index contributed by atoms with van der Waals surface area (Å²) in [6, 6.07) is 4.58. The lowest BCUT2D eigenvalue weighted by Gasteiger charge is -2.16. The van der Waals surface area contributed by atoms with Crippen LogP contribution in [-0.4, -0.2) is 37.2 Å². The van der Waals surface area contributed by atoms with Crippen molar-refractivity contribution >= 4 is 11.9 Å². The predicted octanol–water partition coefficient (Wildman–Crippen LogP) is 2.25. The molecular weight excluding hydrogens is 298 g/mol. The molecule has 0 saturated heterocycles.